The van der Waals surface area contributed by atoms with Crippen molar-refractivity contribution in [1.82, 2.24) is 0 Å². The van der Waals surface area contributed by atoms with Gasteiger partial charge in [-0.3, -0.25) is 4.79 Å². The lowest BCUT2D eigenvalue weighted by atomic mass is 9.78. The summed E-state index contributed by atoms with van der Waals surface area (Å²) in [7, 11) is 0. The van der Waals surface area contributed by atoms with Crippen molar-refractivity contribution in [1.29, 1.82) is 0 Å². The number of ketones is 1. The van der Waals surface area contributed by atoms with Crippen molar-refractivity contribution in [3.05, 3.63) is 0 Å². The molecule has 0 radical (unpaired) electrons. The Bertz CT molecular complexity index is 217. The van der Waals surface area contributed by atoms with Gasteiger partial charge in [0.1, 0.15) is 23.9 Å². The molecule has 6 heteroatoms. The van der Waals surface area contributed by atoms with E-state index < -0.39 is 42.7 Å². The molecule has 0 aromatic heterocycles. The van der Waals surface area contributed by atoms with Crippen LogP contribution in [0.15, 0.2) is 0 Å². The van der Waals surface area contributed by atoms with Crippen LogP contribution in [-0.2, 0) is 4.79 Å². The molecule has 13 heavy (non-hydrogen) atoms. The van der Waals surface area contributed by atoms with Gasteiger partial charge in [0.05, 0.1) is 6.61 Å². The molecule has 0 aromatic carbocycles. The zero-order valence-corrected chi connectivity index (χ0v) is 6.79. The van der Waals surface area contributed by atoms with Gasteiger partial charge in [-0.2, -0.15) is 0 Å². The standard InChI is InChI=1S/C7H12O6/c8-2-7(13)1-3(9)4(10)5(11)6(7)12/h4-6,8,10-13H,1-2H2/t4?,5-,6-,7?/m1/s1. The van der Waals surface area contributed by atoms with Gasteiger partial charge >= 0.3 is 0 Å². The minimum absolute atomic E-state index is 0.567. The Hall–Kier alpha value is -0.530. The predicted molar refractivity (Wildman–Crippen MR) is 39.7 cm³/mol. The van der Waals surface area contributed by atoms with E-state index in [1.165, 1.54) is 0 Å². The minimum Gasteiger partial charge on any atom is -0.393 e. The highest BCUT2D eigenvalue weighted by atomic mass is 16.4. The number of carbonyl (C=O) groups excluding carboxylic acids is 1. The third kappa shape index (κ3) is 1.59. The molecule has 6 nitrogen and oxygen atoms in total. The fourth-order valence-electron chi connectivity index (χ4n) is 1.34. The van der Waals surface area contributed by atoms with Crippen LogP contribution in [-0.4, -0.2) is 61.8 Å². The van der Waals surface area contributed by atoms with Crippen LogP contribution in [0.1, 0.15) is 6.42 Å². The van der Waals surface area contributed by atoms with Gasteiger partial charge < -0.3 is 25.5 Å². The van der Waals surface area contributed by atoms with E-state index in [2.05, 4.69) is 0 Å². The second-order valence-electron chi connectivity index (χ2n) is 3.29. The normalized spacial score (nSPS) is 46.5. The molecule has 1 fully saturated rings. The van der Waals surface area contributed by atoms with Crippen LogP contribution < -0.4 is 0 Å². The Morgan fingerprint density at radius 1 is 1.38 bits per heavy atom. The van der Waals surface area contributed by atoms with Crippen LogP contribution in [0.4, 0.5) is 0 Å². The first-order valence-electron chi connectivity index (χ1n) is 3.82. The van der Waals surface area contributed by atoms with Crippen molar-refractivity contribution < 1.29 is 30.3 Å². The van der Waals surface area contributed by atoms with Gasteiger partial charge in [0.25, 0.3) is 0 Å². The highest BCUT2D eigenvalue weighted by Crippen LogP contribution is 2.26. The smallest absolute Gasteiger partial charge is 0.167 e. The van der Waals surface area contributed by atoms with Gasteiger partial charge in [-0.05, 0) is 0 Å². The average Bonchev–Trinajstić information content (AvgIpc) is 2.12. The molecule has 0 bridgehead atoms. The zero-order valence-electron chi connectivity index (χ0n) is 6.79. The molecule has 4 atom stereocenters. The quantitative estimate of drug-likeness (QED) is 0.298. The van der Waals surface area contributed by atoms with Gasteiger partial charge in [0, 0.05) is 6.42 Å². The molecule has 1 aliphatic rings. The van der Waals surface area contributed by atoms with Crippen LogP contribution in [0.3, 0.4) is 0 Å². The summed E-state index contributed by atoms with van der Waals surface area (Å²) in [5.41, 5.74) is -2.05. The van der Waals surface area contributed by atoms with Gasteiger partial charge in [-0.1, -0.05) is 0 Å². The predicted octanol–water partition coefficient (Wildman–Crippen LogP) is -3.23. The maximum absolute atomic E-state index is 10.9. The molecule has 2 unspecified atom stereocenters. The number of Topliss-reactive ketones (excluding diaryl/α,β-unsaturated/α-hetero) is 1. The average molecular weight is 192 g/mol. The van der Waals surface area contributed by atoms with Crippen molar-refractivity contribution in [3.63, 3.8) is 0 Å². The lowest BCUT2D eigenvalue weighted by Crippen LogP contribution is -2.62. The molecule has 0 saturated heterocycles. The van der Waals surface area contributed by atoms with Crippen LogP contribution in [0.2, 0.25) is 0 Å². The second kappa shape index (κ2) is 3.32. The van der Waals surface area contributed by atoms with Gasteiger partial charge in [0.2, 0.25) is 0 Å². The Kier molecular flexibility index (Phi) is 2.69. The van der Waals surface area contributed by atoms with Gasteiger partial charge in [0.15, 0.2) is 5.78 Å². The lowest BCUT2D eigenvalue weighted by Gasteiger charge is -2.39. The molecule has 5 N–H and O–H groups in total. The third-order valence-electron chi connectivity index (χ3n) is 2.28. The van der Waals surface area contributed by atoms with Crippen molar-refractivity contribution in [2.45, 2.75) is 30.3 Å². The van der Waals surface area contributed by atoms with E-state index in [-0.39, 0.29) is 0 Å². The molecule has 1 saturated carbocycles. The van der Waals surface area contributed by atoms with Crippen LogP contribution >= 0.6 is 0 Å². The summed E-state index contributed by atoms with van der Waals surface area (Å²) in [6.45, 7) is -0.844. The van der Waals surface area contributed by atoms with Crippen molar-refractivity contribution in [2.24, 2.45) is 0 Å². The van der Waals surface area contributed by atoms with Crippen LogP contribution in [0.5, 0.6) is 0 Å². The Morgan fingerprint density at radius 3 is 2.38 bits per heavy atom. The molecule has 1 rings (SSSR count). The van der Waals surface area contributed by atoms with E-state index in [0.29, 0.717) is 0 Å². The van der Waals surface area contributed by atoms with Crippen molar-refractivity contribution >= 4 is 5.78 Å². The molecular weight excluding hydrogens is 180 g/mol. The van der Waals surface area contributed by atoms with Crippen LogP contribution in [0.25, 0.3) is 0 Å². The molecule has 0 aliphatic heterocycles. The summed E-state index contributed by atoms with van der Waals surface area (Å²) in [6, 6.07) is 0. The Balaban J connectivity index is 2.88. The monoisotopic (exact) mass is 192 g/mol. The first kappa shape index (κ1) is 10.6. The summed E-state index contributed by atoms with van der Waals surface area (Å²) in [6.07, 6.45) is -5.73. The van der Waals surface area contributed by atoms with Crippen LogP contribution in [0, 0.1) is 0 Å². The highest BCUT2D eigenvalue weighted by molar-refractivity contribution is 5.85. The van der Waals surface area contributed by atoms with Gasteiger partial charge in [-0.15, -0.1) is 0 Å². The summed E-state index contributed by atoms with van der Waals surface area (Å²) < 4.78 is 0. The summed E-state index contributed by atoms with van der Waals surface area (Å²) in [4.78, 5) is 10.9. The van der Waals surface area contributed by atoms with E-state index in [4.69, 9.17) is 15.3 Å². The molecule has 76 valence electrons. The highest BCUT2D eigenvalue weighted by Gasteiger charge is 2.50. The topological polar surface area (TPSA) is 118 Å². The van der Waals surface area contributed by atoms with E-state index in [9.17, 15) is 15.0 Å². The minimum atomic E-state index is -2.05. The summed E-state index contributed by atoms with van der Waals surface area (Å²) >= 11 is 0. The molecular formula is C7H12O6. The molecule has 0 amide bonds. The summed E-state index contributed by atoms with van der Waals surface area (Å²) in [5.74, 6) is -0.797. The summed E-state index contributed by atoms with van der Waals surface area (Å²) in [5, 5.41) is 45.4. The second-order valence-corrected chi connectivity index (χ2v) is 3.29. The van der Waals surface area contributed by atoms with E-state index in [0.717, 1.165) is 0 Å². The number of carbonyl (C=O) groups is 1. The maximum atomic E-state index is 10.9. The molecule has 0 spiro atoms. The largest absolute Gasteiger partial charge is 0.393 e. The first-order valence-corrected chi connectivity index (χ1v) is 3.82. The number of hydrogen-bond donors (Lipinski definition) is 5. The Morgan fingerprint density at radius 2 is 1.92 bits per heavy atom. The van der Waals surface area contributed by atoms with Crippen molar-refractivity contribution in [3.8, 4) is 0 Å². The van der Waals surface area contributed by atoms with E-state index in [1.54, 1.807) is 0 Å². The Labute approximate surface area is 74.1 Å². The first-order chi connectivity index (χ1) is 5.92. The van der Waals surface area contributed by atoms with Crippen molar-refractivity contribution in [2.75, 3.05) is 6.61 Å². The zero-order chi connectivity index (χ0) is 10.2. The fraction of sp³-hybridized carbons (Fsp3) is 0.857. The van der Waals surface area contributed by atoms with E-state index >= 15 is 0 Å². The number of rotatable bonds is 1. The number of aliphatic hydroxyl groups excluding tert-OH is 4. The molecule has 0 heterocycles. The number of hydrogen-bond acceptors (Lipinski definition) is 6. The third-order valence-corrected chi connectivity index (χ3v) is 2.28. The number of aliphatic hydroxyl groups is 5. The molecule has 1 aliphatic carbocycles. The molecule has 0 aromatic rings. The SMILES string of the molecule is O=C1CC(O)(CO)[C@H](O)[C@H](O)C1O. The van der Waals surface area contributed by atoms with E-state index in [1.807, 2.05) is 0 Å². The fourth-order valence-corrected chi connectivity index (χ4v) is 1.34. The maximum Gasteiger partial charge on any atom is 0.167 e. The lowest BCUT2D eigenvalue weighted by molar-refractivity contribution is -0.198. The van der Waals surface area contributed by atoms with Gasteiger partial charge in [-0.25, -0.2) is 0 Å².